The number of ether oxygens (including phenoxy) is 1. The first kappa shape index (κ1) is 15.4. The van der Waals surface area contributed by atoms with Gasteiger partial charge in [0.05, 0.1) is 30.2 Å². The fraction of sp³-hybridized carbons (Fsp3) is 0.267. The molecule has 0 saturated carbocycles. The number of fused-ring (bicyclic) bond motifs is 1. The van der Waals surface area contributed by atoms with Gasteiger partial charge in [-0.2, -0.15) is 0 Å². The molecule has 7 nitrogen and oxygen atoms in total. The average molecular weight is 331 g/mol. The van der Waals surface area contributed by atoms with Gasteiger partial charge in [-0.05, 0) is 19.1 Å². The Morgan fingerprint density at radius 2 is 2.26 bits per heavy atom. The maximum atomic E-state index is 12.0. The Hall–Kier alpha value is -2.45. The first-order valence-corrected chi connectivity index (χ1v) is 7.96. The number of pyridine rings is 1. The third-order valence-electron chi connectivity index (χ3n) is 3.31. The van der Waals surface area contributed by atoms with Crippen molar-refractivity contribution in [2.75, 3.05) is 12.4 Å². The molecule has 0 radical (unpaired) electrons. The molecule has 0 saturated heterocycles. The first-order chi connectivity index (χ1) is 11.2. The van der Waals surface area contributed by atoms with Crippen LogP contribution in [-0.2, 0) is 17.9 Å². The number of amides is 2. The lowest BCUT2D eigenvalue weighted by Crippen LogP contribution is -2.28. The summed E-state index contributed by atoms with van der Waals surface area (Å²) >= 11 is 1.37. The third kappa shape index (κ3) is 3.49. The van der Waals surface area contributed by atoms with Crippen molar-refractivity contribution in [2.45, 2.75) is 20.1 Å². The zero-order valence-corrected chi connectivity index (χ0v) is 13.7. The molecular weight excluding hydrogens is 314 g/mol. The lowest BCUT2D eigenvalue weighted by Gasteiger charge is -2.06. The van der Waals surface area contributed by atoms with E-state index in [0.717, 1.165) is 22.7 Å². The van der Waals surface area contributed by atoms with E-state index in [4.69, 9.17) is 4.74 Å². The van der Waals surface area contributed by atoms with Gasteiger partial charge in [-0.3, -0.25) is 5.32 Å². The van der Waals surface area contributed by atoms with Crippen molar-refractivity contribution in [3.63, 3.8) is 0 Å². The molecule has 0 fully saturated rings. The summed E-state index contributed by atoms with van der Waals surface area (Å²) in [6, 6.07) is 5.51. The number of methoxy groups -OCH3 is 1. The molecular formula is C15H17N5O2S. The van der Waals surface area contributed by atoms with Crippen LogP contribution >= 0.6 is 11.3 Å². The molecule has 3 aromatic rings. The fourth-order valence-electron chi connectivity index (χ4n) is 2.26. The lowest BCUT2D eigenvalue weighted by atomic mass is 10.3. The maximum absolute atomic E-state index is 12.0. The molecule has 0 aliphatic carbocycles. The quantitative estimate of drug-likeness (QED) is 0.753. The largest absolute Gasteiger partial charge is 0.378 e. The van der Waals surface area contributed by atoms with Crippen LogP contribution < -0.4 is 10.6 Å². The van der Waals surface area contributed by atoms with Crippen molar-refractivity contribution in [1.29, 1.82) is 0 Å². The monoisotopic (exact) mass is 331 g/mol. The smallest absolute Gasteiger partial charge is 0.321 e. The lowest BCUT2D eigenvalue weighted by molar-refractivity contribution is 0.182. The zero-order chi connectivity index (χ0) is 16.2. The van der Waals surface area contributed by atoms with Crippen LogP contribution in [0.15, 0.2) is 29.8 Å². The van der Waals surface area contributed by atoms with E-state index >= 15 is 0 Å². The van der Waals surface area contributed by atoms with E-state index in [9.17, 15) is 4.79 Å². The molecule has 23 heavy (non-hydrogen) atoms. The van der Waals surface area contributed by atoms with Gasteiger partial charge in [0.25, 0.3) is 0 Å². The Labute approximate surface area is 137 Å². The number of nitrogens with one attached hydrogen (secondary N) is 2. The predicted molar refractivity (Wildman–Crippen MR) is 88.6 cm³/mol. The van der Waals surface area contributed by atoms with E-state index in [1.165, 1.54) is 11.3 Å². The Morgan fingerprint density at radius 3 is 3.09 bits per heavy atom. The summed E-state index contributed by atoms with van der Waals surface area (Å²) in [4.78, 5) is 20.7. The number of nitrogens with zero attached hydrogens (tertiary/aromatic N) is 3. The highest BCUT2D eigenvalue weighted by molar-refractivity contribution is 7.13. The highest BCUT2D eigenvalue weighted by atomic mass is 32.1. The molecule has 0 spiro atoms. The van der Waals surface area contributed by atoms with Gasteiger partial charge >= 0.3 is 6.03 Å². The Morgan fingerprint density at radius 1 is 1.39 bits per heavy atom. The van der Waals surface area contributed by atoms with Crippen LogP contribution in [-0.4, -0.2) is 27.5 Å². The molecule has 0 aliphatic heterocycles. The highest BCUT2D eigenvalue weighted by Gasteiger charge is 2.10. The molecule has 2 amide bonds. The van der Waals surface area contributed by atoms with E-state index in [1.807, 2.05) is 41.1 Å². The summed E-state index contributed by atoms with van der Waals surface area (Å²) in [6.45, 7) is 2.75. The van der Waals surface area contributed by atoms with Crippen LogP contribution in [0.5, 0.6) is 0 Å². The molecule has 0 aromatic carbocycles. The number of aryl methyl sites for hydroxylation is 1. The highest BCUT2D eigenvalue weighted by Crippen LogP contribution is 2.16. The second-order valence-corrected chi connectivity index (χ2v) is 5.82. The number of thiazole rings is 1. The Bertz CT molecular complexity index is 826. The number of imidazole rings is 1. The number of rotatable bonds is 5. The molecule has 8 heteroatoms. The third-order valence-corrected chi connectivity index (χ3v) is 4.12. The summed E-state index contributed by atoms with van der Waals surface area (Å²) < 4.78 is 6.97. The van der Waals surface area contributed by atoms with Gasteiger partial charge in [-0.1, -0.05) is 6.07 Å². The van der Waals surface area contributed by atoms with Crippen LogP contribution in [0.2, 0.25) is 0 Å². The minimum atomic E-state index is -0.298. The van der Waals surface area contributed by atoms with Crippen LogP contribution in [0, 0.1) is 6.92 Å². The van der Waals surface area contributed by atoms with Gasteiger partial charge in [-0.25, -0.2) is 14.8 Å². The van der Waals surface area contributed by atoms with Crippen molar-refractivity contribution in [1.82, 2.24) is 19.7 Å². The van der Waals surface area contributed by atoms with Crippen molar-refractivity contribution in [3.8, 4) is 0 Å². The average Bonchev–Trinajstić information content (AvgIpc) is 3.09. The SMILES string of the molecule is COCc1csc(NC(=O)NCc2c(C)nc3ccccn23)n1. The van der Waals surface area contributed by atoms with Gasteiger partial charge < -0.3 is 14.5 Å². The summed E-state index contributed by atoms with van der Waals surface area (Å²) in [6.07, 6.45) is 1.93. The second-order valence-electron chi connectivity index (χ2n) is 4.96. The van der Waals surface area contributed by atoms with Crippen molar-refractivity contribution in [3.05, 3.63) is 46.9 Å². The second kappa shape index (κ2) is 6.76. The number of carbonyl (C=O) groups excluding carboxylic acids is 1. The van der Waals surface area contributed by atoms with E-state index < -0.39 is 0 Å². The molecule has 3 heterocycles. The molecule has 120 valence electrons. The van der Waals surface area contributed by atoms with Crippen LogP contribution in [0.3, 0.4) is 0 Å². The van der Waals surface area contributed by atoms with Gasteiger partial charge in [0.2, 0.25) is 0 Å². The van der Waals surface area contributed by atoms with Crippen LogP contribution in [0.4, 0.5) is 9.93 Å². The first-order valence-electron chi connectivity index (χ1n) is 7.08. The Kier molecular flexibility index (Phi) is 4.54. The molecule has 0 unspecified atom stereocenters. The minimum absolute atomic E-state index is 0.298. The normalized spacial score (nSPS) is 10.9. The van der Waals surface area contributed by atoms with E-state index in [2.05, 4.69) is 20.6 Å². The van der Waals surface area contributed by atoms with Crippen molar-refractivity contribution in [2.24, 2.45) is 0 Å². The Balaban J connectivity index is 1.62. The molecule has 0 bridgehead atoms. The number of aromatic nitrogens is 3. The van der Waals surface area contributed by atoms with Gasteiger partial charge in [0, 0.05) is 18.7 Å². The summed E-state index contributed by atoms with van der Waals surface area (Å²) in [5.74, 6) is 0. The fourth-order valence-corrected chi connectivity index (χ4v) is 2.95. The van der Waals surface area contributed by atoms with Gasteiger partial charge in [0.15, 0.2) is 5.13 Å². The van der Waals surface area contributed by atoms with Crippen molar-refractivity contribution >= 4 is 28.1 Å². The van der Waals surface area contributed by atoms with Crippen LogP contribution in [0.1, 0.15) is 17.1 Å². The number of anilines is 1. The summed E-state index contributed by atoms with van der Waals surface area (Å²) in [5.41, 5.74) is 3.51. The molecule has 3 aromatic heterocycles. The van der Waals surface area contributed by atoms with Crippen LogP contribution in [0.25, 0.3) is 5.65 Å². The standard InChI is InChI=1S/C15H17N5O2S/c1-10-12(20-6-4-3-5-13(20)17-10)7-16-14(21)19-15-18-11(8-22-2)9-23-15/h3-6,9H,7-8H2,1-2H3,(H2,16,18,19,21). The minimum Gasteiger partial charge on any atom is -0.378 e. The molecule has 2 N–H and O–H groups in total. The molecule has 3 rings (SSSR count). The topological polar surface area (TPSA) is 80.5 Å². The van der Waals surface area contributed by atoms with E-state index in [1.54, 1.807) is 7.11 Å². The summed E-state index contributed by atoms with van der Waals surface area (Å²) in [5, 5.41) is 7.96. The number of hydrogen-bond donors (Lipinski definition) is 2. The van der Waals surface area contributed by atoms with Gasteiger partial charge in [0.1, 0.15) is 5.65 Å². The predicted octanol–water partition coefficient (Wildman–Crippen LogP) is 2.57. The summed E-state index contributed by atoms with van der Waals surface area (Å²) in [7, 11) is 1.61. The number of carbonyl (C=O) groups is 1. The maximum Gasteiger partial charge on any atom is 0.321 e. The van der Waals surface area contributed by atoms with Crippen molar-refractivity contribution < 1.29 is 9.53 Å². The number of hydrogen-bond acceptors (Lipinski definition) is 5. The zero-order valence-electron chi connectivity index (χ0n) is 12.9. The number of urea groups is 1. The molecule has 0 aliphatic rings. The van der Waals surface area contributed by atoms with E-state index in [-0.39, 0.29) is 6.03 Å². The molecule has 0 atom stereocenters. The van der Waals surface area contributed by atoms with Gasteiger partial charge in [-0.15, -0.1) is 11.3 Å². The van der Waals surface area contributed by atoms with E-state index in [0.29, 0.717) is 18.3 Å².